The zero-order chi connectivity index (χ0) is 7.07. The Bertz CT molecular complexity index is 103. The molecule has 9 heavy (non-hydrogen) atoms. The molecule has 1 fully saturated rings. The molecule has 1 rings (SSSR count). The van der Waals surface area contributed by atoms with E-state index in [-0.39, 0.29) is 0 Å². The van der Waals surface area contributed by atoms with Gasteiger partial charge in [-0.1, -0.05) is 27.7 Å². The van der Waals surface area contributed by atoms with Crippen LogP contribution in [0.15, 0.2) is 0 Å². The molecule has 2 atom stereocenters. The van der Waals surface area contributed by atoms with Crippen LogP contribution >= 0.6 is 0 Å². The standard InChI is InChI=1S/C9H17/c1-7-5-6-9(3,4)8(7)2/h6-8H,5H2,1-4H3. The molecular weight excluding hydrogens is 108 g/mol. The third kappa shape index (κ3) is 1.12. The zero-order valence-corrected chi connectivity index (χ0v) is 6.94. The van der Waals surface area contributed by atoms with Crippen molar-refractivity contribution in [1.82, 2.24) is 0 Å². The summed E-state index contributed by atoms with van der Waals surface area (Å²) in [6, 6.07) is 0. The van der Waals surface area contributed by atoms with Crippen molar-refractivity contribution in [3.63, 3.8) is 0 Å². The van der Waals surface area contributed by atoms with Gasteiger partial charge in [0.05, 0.1) is 0 Å². The van der Waals surface area contributed by atoms with Gasteiger partial charge in [-0.15, -0.1) is 0 Å². The third-order valence-electron chi connectivity index (χ3n) is 3.04. The first kappa shape index (κ1) is 7.11. The molecule has 0 saturated heterocycles. The molecule has 1 aliphatic carbocycles. The summed E-state index contributed by atoms with van der Waals surface area (Å²) < 4.78 is 0. The Kier molecular flexibility index (Phi) is 1.58. The van der Waals surface area contributed by atoms with Crippen molar-refractivity contribution in [2.45, 2.75) is 34.1 Å². The van der Waals surface area contributed by atoms with Crippen molar-refractivity contribution in [3.05, 3.63) is 6.42 Å². The molecule has 0 aromatic heterocycles. The lowest BCUT2D eigenvalue weighted by Gasteiger charge is -2.24. The summed E-state index contributed by atoms with van der Waals surface area (Å²) in [6.07, 6.45) is 3.77. The van der Waals surface area contributed by atoms with Crippen molar-refractivity contribution >= 4 is 0 Å². The van der Waals surface area contributed by atoms with E-state index in [4.69, 9.17) is 0 Å². The summed E-state index contributed by atoms with van der Waals surface area (Å²) in [4.78, 5) is 0. The Labute approximate surface area is 58.7 Å². The summed E-state index contributed by atoms with van der Waals surface area (Å²) in [5.74, 6) is 1.78. The van der Waals surface area contributed by atoms with Crippen LogP contribution in [0.4, 0.5) is 0 Å². The highest BCUT2D eigenvalue weighted by Gasteiger charge is 2.36. The normalized spacial score (nSPS) is 41.3. The van der Waals surface area contributed by atoms with Gasteiger partial charge in [-0.2, -0.15) is 0 Å². The summed E-state index contributed by atoms with van der Waals surface area (Å²) in [5.41, 5.74) is 0.499. The molecule has 0 nitrogen and oxygen atoms in total. The monoisotopic (exact) mass is 125 g/mol. The topological polar surface area (TPSA) is 0 Å². The first-order valence-electron chi connectivity index (χ1n) is 3.88. The van der Waals surface area contributed by atoms with E-state index in [0.29, 0.717) is 5.41 Å². The van der Waals surface area contributed by atoms with Crippen LogP contribution in [-0.2, 0) is 0 Å². The fraction of sp³-hybridized carbons (Fsp3) is 0.889. The van der Waals surface area contributed by atoms with Crippen molar-refractivity contribution in [2.75, 3.05) is 0 Å². The molecule has 0 spiro atoms. The molecule has 0 heteroatoms. The first-order chi connectivity index (χ1) is 4.04. The van der Waals surface area contributed by atoms with Gasteiger partial charge in [0.15, 0.2) is 0 Å². The van der Waals surface area contributed by atoms with Crippen LogP contribution in [0.3, 0.4) is 0 Å². The van der Waals surface area contributed by atoms with E-state index in [9.17, 15) is 0 Å². The van der Waals surface area contributed by atoms with Crippen LogP contribution in [0, 0.1) is 23.7 Å². The van der Waals surface area contributed by atoms with Gasteiger partial charge in [-0.25, -0.2) is 0 Å². The first-order valence-corrected chi connectivity index (χ1v) is 3.88. The van der Waals surface area contributed by atoms with Crippen molar-refractivity contribution < 1.29 is 0 Å². The molecule has 0 aromatic rings. The fourth-order valence-corrected chi connectivity index (χ4v) is 1.61. The average Bonchev–Trinajstić information content (AvgIpc) is 1.97. The second kappa shape index (κ2) is 2.00. The van der Waals surface area contributed by atoms with E-state index < -0.39 is 0 Å². The van der Waals surface area contributed by atoms with Gasteiger partial charge >= 0.3 is 0 Å². The number of hydrogen-bond donors (Lipinski definition) is 0. The highest BCUT2D eigenvalue weighted by Crippen LogP contribution is 2.44. The minimum absolute atomic E-state index is 0.499. The second-order valence-electron chi connectivity index (χ2n) is 4.03. The molecule has 0 amide bonds. The molecule has 0 aliphatic heterocycles. The van der Waals surface area contributed by atoms with Gasteiger partial charge in [0.25, 0.3) is 0 Å². The van der Waals surface area contributed by atoms with E-state index in [1.54, 1.807) is 0 Å². The summed E-state index contributed by atoms with van der Waals surface area (Å²) in [6.45, 7) is 9.37. The maximum Gasteiger partial charge on any atom is -0.0295 e. The summed E-state index contributed by atoms with van der Waals surface area (Å²) in [7, 11) is 0. The van der Waals surface area contributed by atoms with Gasteiger partial charge < -0.3 is 0 Å². The second-order valence-corrected chi connectivity index (χ2v) is 4.03. The molecule has 0 N–H and O–H groups in total. The molecule has 1 aliphatic rings. The lowest BCUT2D eigenvalue weighted by molar-refractivity contribution is 0.276. The van der Waals surface area contributed by atoms with Crippen LogP contribution in [-0.4, -0.2) is 0 Å². The Morgan fingerprint density at radius 3 is 2.00 bits per heavy atom. The van der Waals surface area contributed by atoms with Crippen LogP contribution in [0.1, 0.15) is 34.1 Å². The SMILES string of the molecule is CC1C[CH]C(C)(C)C1C. The molecule has 1 saturated carbocycles. The predicted octanol–water partition coefficient (Wildman–Crippen LogP) is 2.89. The minimum atomic E-state index is 0.499. The third-order valence-corrected chi connectivity index (χ3v) is 3.04. The van der Waals surface area contributed by atoms with Gasteiger partial charge in [0.2, 0.25) is 0 Å². The molecule has 0 bridgehead atoms. The molecule has 2 unspecified atom stereocenters. The van der Waals surface area contributed by atoms with E-state index in [0.717, 1.165) is 11.8 Å². The van der Waals surface area contributed by atoms with Gasteiger partial charge in [-0.05, 0) is 30.1 Å². The van der Waals surface area contributed by atoms with E-state index >= 15 is 0 Å². The van der Waals surface area contributed by atoms with Crippen molar-refractivity contribution in [3.8, 4) is 0 Å². The quantitative estimate of drug-likeness (QED) is 0.467. The lowest BCUT2D eigenvalue weighted by Crippen LogP contribution is -2.17. The largest absolute Gasteiger partial charge is 0.0622 e. The molecule has 1 radical (unpaired) electrons. The van der Waals surface area contributed by atoms with E-state index in [1.807, 2.05) is 0 Å². The van der Waals surface area contributed by atoms with Crippen molar-refractivity contribution in [1.29, 1.82) is 0 Å². The average molecular weight is 125 g/mol. The Morgan fingerprint density at radius 1 is 1.33 bits per heavy atom. The van der Waals surface area contributed by atoms with Crippen LogP contribution < -0.4 is 0 Å². The predicted molar refractivity (Wildman–Crippen MR) is 41.0 cm³/mol. The van der Waals surface area contributed by atoms with E-state index in [1.165, 1.54) is 6.42 Å². The maximum atomic E-state index is 2.46. The molecule has 53 valence electrons. The fourth-order valence-electron chi connectivity index (χ4n) is 1.61. The lowest BCUT2D eigenvalue weighted by atomic mass is 9.81. The number of hydrogen-bond acceptors (Lipinski definition) is 0. The summed E-state index contributed by atoms with van der Waals surface area (Å²) in [5, 5.41) is 0. The van der Waals surface area contributed by atoms with Crippen LogP contribution in [0.5, 0.6) is 0 Å². The molecular formula is C9H17. The number of rotatable bonds is 0. The maximum absolute atomic E-state index is 2.46. The Balaban J connectivity index is 2.62. The van der Waals surface area contributed by atoms with Gasteiger partial charge in [-0.3, -0.25) is 0 Å². The molecule has 0 aromatic carbocycles. The van der Waals surface area contributed by atoms with Crippen molar-refractivity contribution in [2.24, 2.45) is 17.3 Å². The minimum Gasteiger partial charge on any atom is -0.0622 e. The van der Waals surface area contributed by atoms with Gasteiger partial charge in [0.1, 0.15) is 0 Å². The van der Waals surface area contributed by atoms with E-state index in [2.05, 4.69) is 34.1 Å². The Hall–Kier alpha value is 0. The zero-order valence-electron chi connectivity index (χ0n) is 6.94. The van der Waals surface area contributed by atoms with Crippen LogP contribution in [0.2, 0.25) is 0 Å². The molecule has 0 heterocycles. The Morgan fingerprint density at radius 2 is 1.89 bits per heavy atom. The highest BCUT2D eigenvalue weighted by molar-refractivity contribution is 4.98. The summed E-state index contributed by atoms with van der Waals surface area (Å²) >= 11 is 0. The van der Waals surface area contributed by atoms with Gasteiger partial charge in [0, 0.05) is 0 Å². The smallest absolute Gasteiger partial charge is 0.0295 e. The van der Waals surface area contributed by atoms with Crippen LogP contribution in [0.25, 0.3) is 0 Å². The highest BCUT2D eigenvalue weighted by atomic mass is 14.4.